The summed E-state index contributed by atoms with van der Waals surface area (Å²) in [6.45, 7) is 2.83. The van der Waals surface area contributed by atoms with Gasteiger partial charge in [-0.05, 0) is 37.0 Å². The molecule has 0 spiro atoms. The smallest absolute Gasteiger partial charge is 0.244 e. The Morgan fingerprint density at radius 3 is 2.59 bits per heavy atom. The minimum absolute atomic E-state index is 0.103. The molecule has 2 aliphatic rings. The molecule has 2 heterocycles. The van der Waals surface area contributed by atoms with Gasteiger partial charge in [0, 0.05) is 31.1 Å². The van der Waals surface area contributed by atoms with E-state index in [-0.39, 0.29) is 40.2 Å². The normalized spacial score (nSPS) is 20.1. The second-order valence-corrected chi connectivity index (χ2v) is 8.85. The Kier molecular flexibility index (Phi) is 4.47. The maximum atomic E-state index is 14.1. The van der Waals surface area contributed by atoms with Crippen LogP contribution in [0.3, 0.4) is 0 Å². The maximum absolute atomic E-state index is 14.1. The fourth-order valence-electron chi connectivity index (χ4n) is 3.68. The van der Waals surface area contributed by atoms with Crippen molar-refractivity contribution in [2.45, 2.75) is 37.0 Å². The molecule has 1 fully saturated rings. The number of carbonyl (C=O) groups excluding carboxylic acids is 1. The second-order valence-electron chi connectivity index (χ2n) is 6.91. The third kappa shape index (κ3) is 3.12. The Morgan fingerprint density at radius 2 is 1.93 bits per heavy atom. The molecule has 2 aromatic rings. The number of aromatic nitrogens is 1. The quantitative estimate of drug-likeness (QED) is 0.799. The van der Waals surface area contributed by atoms with Crippen LogP contribution in [0.25, 0.3) is 0 Å². The van der Waals surface area contributed by atoms with Crippen molar-refractivity contribution in [1.29, 1.82) is 0 Å². The van der Waals surface area contributed by atoms with Crippen LogP contribution in [0.5, 0.6) is 11.6 Å². The maximum Gasteiger partial charge on any atom is 0.244 e. The Hall–Kier alpha value is -2.32. The van der Waals surface area contributed by atoms with Crippen molar-refractivity contribution in [2.75, 3.05) is 13.1 Å². The van der Waals surface area contributed by atoms with E-state index in [2.05, 4.69) is 4.98 Å². The first-order chi connectivity index (χ1) is 12.9. The van der Waals surface area contributed by atoms with E-state index >= 15 is 0 Å². The van der Waals surface area contributed by atoms with Crippen LogP contribution < -0.4 is 4.74 Å². The highest BCUT2D eigenvalue weighted by atomic mass is 32.2. The topological polar surface area (TPSA) is 76.6 Å². The minimum atomic E-state index is -3.55. The van der Waals surface area contributed by atoms with Crippen LogP contribution >= 0.6 is 0 Å². The average Bonchev–Trinajstić information content (AvgIpc) is 3.27. The molecule has 0 radical (unpaired) electrons. The third-order valence-electron chi connectivity index (χ3n) is 5.04. The molecule has 4 rings (SSSR count). The lowest BCUT2D eigenvalue weighted by Crippen LogP contribution is -2.27. The van der Waals surface area contributed by atoms with E-state index in [4.69, 9.17) is 4.74 Å². The molecule has 0 amide bonds. The van der Waals surface area contributed by atoms with Gasteiger partial charge in [-0.25, -0.2) is 17.8 Å². The number of ether oxygens (including phenoxy) is 1. The van der Waals surface area contributed by atoms with E-state index in [0.717, 1.165) is 12.8 Å². The number of Topliss-reactive ketones (excluding diaryl/α,β-unsaturated/α-hetero) is 1. The van der Waals surface area contributed by atoms with Crippen LogP contribution in [0.2, 0.25) is 0 Å². The average molecular weight is 390 g/mol. The summed E-state index contributed by atoms with van der Waals surface area (Å²) in [4.78, 5) is 16.4. The number of ketones is 1. The van der Waals surface area contributed by atoms with Gasteiger partial charge < -0.3 is 4.74 Å². The van der Waals surface area contributed by atoms with Gasteiger partial charge in [-0.3, -0.25) is 4.79 Å². The SMILES string of the molecule is CC1CC(=O)c2c(Oc3ccc(S(=O)(=O)N4CCCC4)cn3)ccc(F)c21. The summed E-state index contributed by atoms with van der Waals surface area (Å²) in [7, 11) is -3.55. The monoisotopic (exact) mass is 390 g/mol. The molecule has 0 saturated carbocycles. The zero-order valence-electron chi connectivity index (χ0n) is 14.8. The van der Waals surface area contributed by atoms with Crippen molar-refractivity contribution in [3.05, 3.63) is 47.4 Å². The molecule has 1 aromatic heterocycles. The van der Waals surface area contributed by atoms with E-state index in [1.54, 1.807) is 6.92 Å². The number of sulfonamides is 1. The first kappa shape index (κ1) is 18.1. The lowest BCUT2D eigenvalue weighted by Gasteiger charge is -2.15. The number of carbonyl (C=O) groups is 1. The number of fused-ring (bicyclic) bond motifs is 1. The molecule has 6 nitrogen and oxygen atoms in total. The van der Waals surface area contributed by atoms with Crippen molar-refractivity contribution in [2.24, 2.45) is 0 Å². The summed E-state index contributed by atoms with van der Waals surface area (Å²) in [5.41, 5.74) is 0.615. The molecule has 8 heteroatoms. The van der Waals surface area contributed by atoms with Gasteiger partial charge in [0.2, 0.25) is 15.9 Å². The van der Waals surface area contributed by atoms with Crippen LogP contribution in [0.1, 0.15) is 48.0 Å². The standard InChI is InChI=1S/C19H19FN2O4S/c1-12-10-15(23)19-16(6-5-14(20)18(12)19)26-17-7-4-13(11-21-17)27(24,25)22-8-2-3-9-22/h4-7,11-12H,2-3,8-10H2,1H3. The molecular weight excluding hydrogens is 371 g/mol. The lowest BCUT2D eigenvalue weighted by molar-refractivity contribution is 0.0988. The number of hydrogen-bond donors (Lipinski definition) is 0. The van der Waals surface area contributed by atoms with Gasteiger partial charge in [-0.2, -0.15) is 4.31 Å². The molecule has 0 bridgehead atoms. The van der Waals surface area contributed by atoms with E-state index in [0.29, 0.717) is 18.7 Å². The van der Waals surface area contributed by atoms with Crippen molar-refractivity contribution in [3.63, 3.8) is 0 Å². The van der Waals surface area contributed by atoms with Crippen molar-refractivity contribution >= 4 is 15.8 Å². The van der Waals surface area contributed by atoms with Gasteiger partial charge in [0.05, 0.1) is 11.8 Å². The molecule has 27 heavy (non-hydrogen) atoms. The third-order valence-corrected chi connectivity index (χ3v) is 6.93. The molecule has 1 saturated heterocycles. The lowest BCUT2D eigenvalue weighted by atomic mass is 10.0. The predicted molar refractivity (Wildman–Crippen MR) is 96.1 cm³/mol. The Balaban J connectivity index is 1.61. The number of halogens is 1. The van der Waals surface area contributed by atoms with Crippen LogP contribution in [0, 0.1) is 5.82 Å². The summed E-state index contributed by atoms with van der Waals surface area (Å²) >= 11 is 0. The van der Waals surface area contributed by atoms with Gasteiger partial charge in [0.15, 0.2) is 5.78 Å². The van der Waals surface area contributed by atoms with Crippen molar-refractivity contribution in [3.8, 4) is 11.6 Å². The summed E-state index contributed by atoms with van der Waals surface area (Å²) in [5, 5.41) is 0. The molecule has 1 aliphatic heterocycles. The largest absolute Gasteiger partial charge is 0.438 e. The van der Waals surface area contributed by atoms with Crippen LogP contribution in [-0.2, 0) is 10.0 Å². The van der Waals surface area contributed by atoms with Crippen LogP contribution in [0.15, 0.2) is 35.4 Å². The summed E-state index contributed by atoms with van der Waals surface area (Å²) in [6, 6.07) is 5.56. The van der Waals surface area contributed by atoms with Gasteiger partial charge in [0.25, 0.3) is 0 Å². The molecule has 0 N–H and O–H groups in total. The fraction of sp³-hybridized carbons (Fsp3) is 0.368. The minimum Gasteiger partial charge on any atom is -0.438 e. The van der Waals surface area contributed by atoms with Crippen molar-refractivity contribution in [1.82, 2.24) is 9.29 Å². The number of rotatable bonds is 4. The molecule has 1 atom stereocenters. The highest BCUT2D eigenvalue weighted by Crippen LogP contribution is 2.40. The van der Waals surface area contributed by atoms with Crippen molar-refractivity contribution < 1.29 is 22.3 Å². The number of hydrogen-bond acceptors (Lipinski definition) is 5. The van der Waals surface area contributed by atoms with Gasteiger partial charge in [-0.1, -0.05) is 6.92 Å². The Bertz CT molecular complexity index is 999. The number of benzene rings is 1. The fourth-order valence-corrected chi connectivity index (χ4v) is 5.14. The predicted octanol–water partition coefficient (Wildman–Crippen LogP) is 3.49. The molecule has 1 unspecified atom stereocenters. The first-order valence-corrected chi connectivity index (χ1v) is 10.3. The molecule has 142 valence electrons. The van der Waals surface area contributed by atoms with E-state index < -0.39 is 15.8 Å². The highest BCUT2D eigenvalue weighted by Gasteiger charge is 2.33. The number of pyridine rings is 1. The summed E-state index contributed by atoms with van der Waals surface area (Å²) < 4.78 is 46.3. The molecule has 1 aliphatic carbocycles. The zero-order valence-corrected chi connectivity index (χ0v) is 15.6. The van der Waals surface area contributed by atoms with E-state index in [1.165, 1.54) is 34.8 Å². The number of nitrogens with zero attached hydrogens (tertiary/aromatic N) is 2. The van der Waals surface area contributed by atoms with E-state index in [9.17, 15) is 17.6 Å². The van der Waals surface area contributed by atoms with Crippen LogP contribution in [0.4, 0.5) is 4.39 Å². The Labute approximate surface area is 157 Å². The zero-order chi connectivity index (χ0) is 19.2. The molecule has 1 aromatic carbocycles. The van der Waals surface area contributed by atoms with Gasteiger partial charge >= 0.3 is 0 Å². The second kappa shape index (κ2) is 6.69. The van der Waals surface area contributed by atoms with Gasteiger partial charge in [0.1, 0.15) is 16.5 Å². The highest BCUT2D eigenvalue weighted by molar-refractivity contribution is 7.89. The first-order valence-electron chi connectivity index (χ1n) is 8.87. The summed E-state index contributed by atoms with van der Waals surface area (Å²) in [5.74, 6) is -0.395. The van der Waals surface area contributed by atoms with E-state index in [1.807, 2.05) is 0 Å². The molecular formula is C19H19FN2O4S. The Morgan fingerprint density at radius 1 is 1.19 bits per heavy atom. The summed E-state index contributed by atoms with van der Waals surface area (Å²) in [6.07, 6.45) is 3.20. The van der Waals surface area contributed by atoms with Crippen LogP contribution in [-0.4, -0.2) is 36.6 Å². The van der Waals surface area contributed by atoms with Gasteiger partial charge in [-0.15, -0.1) is 0 Å².